The molecule has 136 valence electrons. The zero-order chi connectivity index (χ0) is 18.8. The molecule has 4 rings (SSSR count). The number of carboxylic acids is 1. The Hall–Kier alpha value is -2.64. The fourth-order valence-electron chi connectivity index (χ4n) is 2.74. The number of benzene rings is 3. The summed E-state index contributed by atoms with van der Waals surface area (Å²) in [5.41, 5.74) is 2.23. The number of thioether (sulfide) groups is 1. The fourth-order valence-corrected chi connectivity index (χ4v) is 4.54. The largest absolute Gasteiger partial charge is 0.478 e. The summed E-state index contributed by atoms with van der Waals surface area (Å²) >= 11 is 3.11. The number of hydrogen-bond donors (Lipinski definition) is 3. The van der Waals surface area contributed by atoms with Crippen LogP contribution in [0.15, 0.2) is 71.1 Å². The van der Waals surface area contributed by atoms with Crippen LogP contribution in [-0.4, -0.2) is 11.1 Å². The first-order valence-corrected chi connectivity index (χ1v) is 9.92. The standard InChI is InChI=1S/C20H15FN2O2S2/c21-16-6-3-12(4-7-16)19-22-18(11-26-19)27-23-17-8-5-13-9-15(20(24)25)2-1-14(13)10-17/h1-11,19,22-23H,(H,24,25). The molecule has 1 aliphatic heterocycles. The monoisotopic (exact) mass is 398 g/mol. The Labute approximate surface area is 164 Å². The zero-order valence-corrected chi connectivity index (χ0v) is 15.6. The SMILES string of the molecule is O=C(O)c1ccc2cc(NSC3=CSC(c4ccc(F)cc4)N3)ccc2c1. The molecule has 0 fully saturated rings. The van der Waals surface area contributed by atoms with Crippen LogP contribution in [0, 0.1) is 5.82 Å². The quantitative estimate of drug-likeness (QED) is 0.488. The van der Waals surface area contributed by atoms with Crippen molar-refractivity contribution in [2.75, 3.05) is 4.72 Å². The number of aromatic carboxylic acids is 1. The van der Waals surface area contributed by atoms with Gasteiger partial charge in [-0.15, -0.1) is 11.8 Å². The second-order valence-corrected chi connectivity index (χ2v) is 7.81. The number of carboxylic acid groups (broad SMARTS) is 1. The van der Waals surface area contributed by atoms with Crippen molar-refractivity contribution in [3.8, 4) is 0 Å². The van der Waals surface area contributed by atoms with E-state index in [1.165, 1.54) is 24.1 Å². The maximum Gasteiger partial charge on any atom is 0.335 e. The van der Waals surface area contributed by atoms with Crippen molar-refractivity contribution in [3.05, 3.63) is 88.0 Å². The molecule has 3 aromatic carbocycles. The third-order valence-electron chi connectivity index (χ3n) is 4.12. The van der Waals surface area contributed by atoms with E-state index in [2.05, 4.69) is 10.0 Å². The lowest BCUT2D eigenvalue weighted by Crippen LogP contribution is -2.12. The number of nitrogens with one attached hydrogen (secondary N) is 2. The summed E-state index contributed by atoms with van der Waals surface area (Å²) < 4.78 is 16.3. The van der Waals surface area contributed by atoms with Gasteiger partial charge in [-0.2, -0.15) is 0 Å². The average Bonchev–Trinajstić information content (AvgIpc) is 3.15. The van der Waals surface area contributed by atoms with E-state index in [4.69, 9.17) is 5.11 Å². The highest BCUT2D eigenvalue weighted by Crippen LogP contribution is 2.38. The van der Waals surface area contributed by atoms with Crippen molar-refractivity contribution in [1.82, 2.24) is 5.32 Å². The predicted molar refractivity (Wildman–Crippen MR) is 110 cm³/mol. The van der Waals surface area contributed by atoms with E-state index in [0.717, 1.165) is 27.1 Å². The summed E-state index contributed by atoms with van der Waals surface area (Å²) in [6.07, 6.45) is 0. The Kier molecular flexibility index (Phi) is 4.96. The third-order valence-corrected chi connectivity index (χ3v) is 6.10. The maximum absolute atomic E-state index is 13.0. The van der Waals surface area contributed by atoms with E-state index < -0.39 is 5.97 Å². The highest BCUT2D eigenvalue weighted by Gasteiger charge is 2.19. The molecule has 4 nitrogen and oxygen atoms in total. The van der Waals surface area contributed by atoms with Crippen LogP contribution < -0.4 is 10.0 Å². The molecule has 0 aromatic heterocycles. The van der Waals surface area contributed by atoms with Crippen LogP contribution >= 0.6 is 23.7 Å². The zero-order valence-electron chi connectivity index (χ0n) is 14.0. The molecule has 3 N–H and O–H groups in total. The van der Waals surface area contributed by atoms with Gasteiger partial charge in [-0.3, -0.25) is 0 Å². The van der Waals surface area contributed by atoms with Gasteiger partial charge in [-0.1, -0.05) is 24.3 Å². The van der Waals surface area contributed by atoms with Gasteiger partial charge < -0.3 is 15.1 Å². The summed E-state index contributed by atoms with van der Waals surface area (Å²) in [6, 6.07) is 17.4. The molecule has 27 heavy (non-hydrogen) atoms. The van der Waals surface area contributed by atoms with Gasteiger partial charge in [0.25, 0.3) is 0 Å². The van der Waals surface area contributed by atoms with E-state index in [9.17, 15) is 9.18 Å². The van der Waals surface area contributed by atoms with Gasteiger partial charge in [-0.05, 0) is 52.7 Å². The van der Waals surface area contributed by atoms with E-state index in [1.54, 1.807) is 36.0 Å². The number of hydrogen-bond acceptors (Lipinski definition) is 5. The van der Waals surface area contributed by atoms with E-state index in [0.29, 0.717) is 0 Å². The predicted octanol–water partition coefficient (Wildman–Crippen LogP) is 5.57. The van der Waals surface area contributed by atoms with Crippen LogP contribution in [0.4, 0.5) is 10.1 Å². The molecule has 1 heterocycles. The molecule has 0 radical (unpaired) electrons. The lowest BCUT2D eigenvalue weighted by atomic mass is 10.1. The minimum atomic E-state index is -0.929. The van der Waals surface area contributed by atoms with Gasteiger partial charge in [0.1, 0.15) is 11.2 Å². The number of carbonyl (C=O) groups is 1. The van der Waals surface area contributed by atoms with Gasteiger partial charge in [-0.25, -0.2) is 9.18 Å². The highest BCUT2D eigenvalue weighted by atomic mass is 32.2. The van der Waals surface area contributed by atoms with Crippen molar-refractivity contribution < 1.29 is 14.3 Å². The fraction of sp³-hybridized carbons (Fsp3) is 0.0500. The van der Waals surface area contributed by atoms with Gasteiger partial charge in [0.05, 0.1) is 10.6 Å². The van der Waals surface area contributed by atoms with Crippen molar-refractivity contribution in [2.24, 2.45) is 0 Å². The van der Waals surface area contributed by atoms with Crippen LogP contribution in [0.25, 0.3) is 10.8 Å². The Bertz CT molecular complexity index is 1040. The first-order chi connectivity index (χ1) is 13.1. The van der Waals surface area contributed by atoms with Crippen LogP contribution in [-0.2, 0) is 0 Å². The van der Waals surface area contributed by atoms with Crippen LogP contribution in [0.5, 0.6) is 0 Å². The molecule has 0 saturated heterocycles. The topological polar surface area (TPSA) is 61.4 Å². The molecule has 1 unspecified atom stereocenters. The lowest BCUT2D eigenvalue weighted by Gasteiger charge is -2.13. The number of fused-ring (bicyclic) bond motifs is 1. The van der Waals surface area contributed by atoms with Crippen LogP contribution in [0.2, 0.25) is 0 Å². The first-order valence-electron chi connectivity index (χ1n) is 8.16. The molecule has 1 aliphatic rings. The van der Waals surface area contributed by atoms with Crippen LogP contribution in [0.3, 0.4) is 0 Å². The Morgan fingerprint density at radius 2 is 1.81 bits per heavy atom. The number of rotatable bonds is 5. The van der Waals surface area contributed by atoms with Crippen molar-refractivity contribution >= 4 is 46.1 Å². The van der Waals surface area contributed by atoms with Gasteiger partial charge in [0, 0.05) is 23.0 Å². The van der Waals surface area contributed by atoms with Gasteiger partial charge >= 0.3 is 5.97 Å². The normalized spacial score (nSPS) is 16.0. The molecule has 7 heteroatoms. The Morgan fingerprint density at radius 1 is 1.07 bits per heavy atom. The van der Waals surface area contributed by atoms with Crippen molar-refractivity contribution in [1.29, 1.82) is 0 Å². The average molecular weight is 398 g/mol. The molecule has 0 bridgehead atoms. The molecule has 1 atom stereocenters. The summed E-state index contributed by atoms with van der Waals surface area (Å²) in [6.45, 7) is 0. The summed E-state index contributed by atoms with van der Waals surface area (Å²) in [7, 11) is 0. The Balaban J connectivity index is 1.39. The van der Waals surface area contributed by atoms with E-state index >= 15 is 0 Å². The van der Waals surface area contributed by atoms with E-state index in [1.807, 2.05) is 29.7 Å². The van der Waals surface area contributed by atoms with Gasteiger partial charge in [0.15, 0.2) is 0 Å². The summed E-state index contributed by atoms with van der Waals surface area (Å²) in [5, 5.41) is 17.4. The molecule has 0 amide bonds. The van der Waals surface area contributed by atoms with Crippen LogP contribution in [0.1, 0.15) is 21.3 Å². The molecular formula is C20H15FN2O2S2. The third kappa shape index (κ3) is 4.04. The molecule has 0 spiro atoms. The van der Waals surface area contributed by atoms with E-state index in [-0.39, 0.29) is 16.8 Å². The minimum Gasteiger partial charge on any atom is -0.478 e. The minimum absolute atomic E-state index is 0.0703. The van der Waals surface area contributed by atoms with Crippen molar-refractivity contribution in [2.45, 2.75) is 5.37 Å². The lowest BCUT2D eigenvalue weighted by molar-refractivity contribution is 0.0697. The molecule has 3 aromatic rings. The summed E-state index contributed by atoms with van der Waals surface area (Å²) in [5.74, 6) is -1.17. The van der Waals surface area contributed by atoms with Crippen molar-refractivity contribution in [3.63, 3.8) is 0 Å². The Morgan fingerprint density at radius 3 is 2.59 bits per heavy atom. The molecular weight excluding hydrogens is 383 g/mol. The second-order valence-electron chi connectivity index (χ2n) is 5.98. The molecule has 0 aliphatic carbocycles. The molecule has 0 saturated carbocycles. The number of halogens is 1. The highest BCUT2D eigenvalue weighted by molar-refractivity contribution is 8.07. The smallest absolute Gasteiger partial charge is 0.335 e. The van der Waals surface area contributed by atoms with Gasteiger partial charge in [0.2, 0.25) is 0 Å². The first kappa shape index (κ1) is 17.8. The maximum atomic E-state index is 13.0. The summed E-state index contributed by atoms with van der Waals surface area (Å²) in [4.78, 5) is 11.1. The number of anilines is 1. The second kappa shape index (κ2) is 7.54.